The topological polar surface area (TPSA) is 66.8 Å². The highest BCUT2D eigenvalue weighted by Gasteiger charge is 2.42. The van der Waals surface area contributed by atoms with Gasteiger partial charge in [0.15, 0.2) is 0 Å². The monoisotopic (exact) mass is 385 g/mol. The van der Waals surface area contributed by atoms with Crippen molar-refractivity contribution >= 4 is 23.6 Å². The van der Waals surface area contributed by atoms with E-state index in [9.17, 15) is 14.7 Å². The van der Waals surface area contributed by atoms with Crippen molar-refractivity contribution in [3.63, 3.8) is 0 Å². The van der Waals surface area contributed by atoms with E-state index in [1.165, 1.54) is 16.7 Å². The fraction of sp³-hybridized carbons (Fsp3) is 0.333. The van der Waals surface area contributed by atoms with Crippen molar-refractivity contribution in [2.24, 2.45) is 0 Å². The molecular formula is C21H23NO4S. The summed E-state index contributed by atoms with van der Waals surface area (Å²) in [5.74, 6) is -0.167. The molecule has 142 valence electrons. The molecule has 1 saturated heterocycles. The van der Waals surface area contributed by atoms with Crippen LogP contribution in [0.3, 0.4) is 0 Å². The molecule has 2 aromatic rings. The first-order valence-electron chi connectivity index (χ1n) is 9.06. The van der Waals surface area contributed by atoms with Gasteiger partial charge in [0.2, 0.25) is 0 Å². The third kappa shape index (κ3) is 4.45. The van der Waals surface area contributed by atoms with Crippen LogP contribution in [0.2, 0.25) is 0 Å². The number of thioether (sulfide) groups is 1. The van der Waals surface area contributed by atoms with E-state index in [4.69, 9.17) is 4.74 Å². The summed E-state index contributed by atoms with van der Waals surface area (Å²) in [5.41, 5.74) is 1.40. The lowest BCUT2D eigenvalue weighted by atomic mass is 10.1. The van der Waals surface area contributed by atoms with E-state index in [0.29, 0.717) is 23.7 Å². The van der Waals surface area contributed by atoms with Gasteiger partial charge in [-0.3, -0.25) is 4.79 Å². The van der Waals surface area contributed by atoms with Crippen molar-refractivity contribution in [3.05, 3.63) is 65.7 Å². The van der Waals surface area contributed by atoms with E-state index >= 15 is 0 Å². The zero-order chi connectivity index (χ0) is 19.2. The van der Waals surface area contributed by atoms with Gasteiger partial charge in [-0.1, -0.05) is 43.7 Å². The molecule has 27 heavy (non-hydrogen) atoms. The summed E-state index contributed by atoms with van der Waals surface area (Å²) in [6.45, 7) is 2.74. The standard InChI is InChI=1S/C21H23NO4S/c1-2-3-13-26-17-11-9-15(10-12-17)19(23)22-18(21(24)25)14-27-20(22)16-7-5-4-6-8-16/h4-12,18,20H,2-3,13-14H2,1H3,(H,24,25). The largest absolute Gasteiger partial charge is 0.494 e. The average Bonchev–Trinajstić information content (AvgIpc) is 3.14. The predicted octanol–water partition coefficient (Wildman–Crippen LogP) is 4.21. The normalized spacial score (nSPS) is 19.1. The lowest BCUT2D eigenvalue weighted by molar-refractivity contribution is -0.141. The van der Waals surface area contributed by atoms with Crippen molar-refractivity contribution in [2.75, 3.05) is 12.4 Å². The lowest BCUT2D eigenvalue weighted by Crippen LogP contribution is -2.42. The molecule has 1 N–H and O–H groups in total. The molecule has 0 bridgehead atoms. The molecule has 0 spiro atoms. The van der Waals surface area contributed by atoms with E-state index in [2.05, 4.69) is 6.92 Å². The van der Waals surface area contributed by atoms with Crippen LogP contribution in [0.5, 0.6) is 5.75 Å². The zero-order valence-electron chi connectivity index (χ0n) is 15.2. The van der Waals surface area contributed by atoms with Gasteiger partial charge < -0.3 is 14.7 Å². The summed E-state index contributed by atoms with van der Waals surface area (Å²) in [7, 11) is 0. The predicted molar refractivity (Wildman–Crippen MR) is 106 cm³/mol. The zero-order valence-corrected chi connectivity index (χ0v) is 16.0. The maximum Gasteiger partial charge on any atom is 0.327 e. The van der Waals surface area contributed by atoms with Gasteiger partial charge in [0, 0.05) is 11.3 Å². The number of carbonyl (C=O) groups is 2. The smallest absolute Gasteiger partial charge is 0.327 e. The number of unbranched alkanes of at least 4 members (excludes halogenated alkanes) is 1. The maximum absolute atomic E-state index is 13.1. The van der Waals surface area contributed by atoms with Gasteiger partial charge in [-0.05, 0) is 36.2 Å². The summed E-state index contributed by atoms with van der Waals surface area (Å²) >= 11 is 1.48. The van der Waals surface area contributed by atoms with Crippen molar-refractivity contribution < 1.29 is 19.4 Å². The molecular weight excluding hydrogens is 362 g/mol. The number of benzene rings is 2. The molecule has 5 nitrogen and oxygen atoms in total. The number of rotatable bonds is 7. The van der Waals surface area contributed by atoms with Crippen LogP contribution in [0.25, 0.3) is 0 Å². The molecule has 0 saturated carbocycles. The van der Waals surface area contributed by atoms with Crippen LogP contribution in [0.15, 0.2) is 54.6 Å². The van der Waals surface area contributed by atoms with Crippen LogP contribution < -0.4 is 4.74 Å². The molecule has 2 unspecified atom stereocenters. The number of carbonyl (C=O) groups excluding carboxylic acids is 1. The number of aliphatic carboxylic acids is 1. The molecule has 0 radical (unpaired) electrons. The summed E-state index contributed by atoms with van der Waals surface area (Å²) < 4.78 is 5.63. The second-order valence-electron chi connectivity index (χ2n) is 6.39. The molecule has 0 aromatic heterocycles. The summed E-state index contributed by atoms with van der Waals surface area (Å²) in [6.07, 6.45) is 2.03. The van der Waals surface area contributed by atoms with Crippen LogP contribution in [-0.2, 0) is 4.79 Å². The highest BCUT2D eigenvalue weighted by atomic mass is 32.2. The third-order valence-electron chi connectivity index (χ3n) is 4.47. The van der Waals surface area contributed by atoms with E-state index in [1.54, 1.807) is 24.3 Å². The first-order chi connectivity index (χ1) is 13.1. The van der Waals surface area contributed by atoms with Gasteiger partial charge in [-0.2, -0.15) is 0 Å². The number of nitrogens with zero attached hydrogens (tertiary/aromatic N) is 1. The Hall–Kier alpha value is -2.47. The first kappa shape index (κ1) is 19.3. The molecule has 1 aliphatic heterocycles. The quantitative estimate of drug-likeness (QED) is 0.724. The molecule has 3 rings (SSSR count). The minimum Gasteiger partial charge on any atom is -0.494 e. The second-order valence-corrected chi connectivity index (χ2v) is 7.50. The first-order valence-corrected chi connectivity index (χ1v) is 10.1. The van der Waals surface area contributed by atoms with Crippen molar-refractivity contribution in [3.8, 4) is 5.75 Å². The molecule has 2 aromatic carbocycles. The number of amides is 1. The Morgan fingerprint density at radius 2 is 1.85 bits per heavy atom. The Morgan fingerprint density at radius 3 is 2.48 bits per heavy atom. The van der Waals surface area contributed by atoms with E-state index in [0.717, 1.165) is 18.4 Å². The summed E-state index contributed by atoms with van der Waals surface area (Å²) in [6, 6.07) is 15.6. The average molecular weight is 385 g/mol. The van der Waals surface area contributed by atoms with Gasteiger partial charge in [0.25, 0.3) is 5.91 Å². The fourth-order valence-electron chi connectivity index (χ4n) is 3.00. The SMILES string of the molecule is CCCCOc1ccc(C(=O)N2C(C(=O)O)CSC2c2ccccc2)cc1. The Bertz CT molecular complexity index is 779. The van der Waals surface area contributed by atoms with Gasteiger partial charge >= 0.3 is 5.97 Å². The Morgan fingerprint density at radius 1 is 1.15 bits per heavy atom. The summed E-state index contributed by atoms with van der Waals surface area (Å²) in [5, 5.41) is 9.28. The highest BCUT2D eigenvalue weighted by Crippen LogP contribution is 2.42. The van der Waals surface area contributed by atoms with E-state index in [-0.39, 0.29) is 11.3 Å². The number of ether oxygens (including phenoxy) is 1. The molecule has 1 amide bonds. The van der Waals surface area contributed by atoms with Gasteiger partial charge in [-0.15, -0.1) is 11.8 Å². The van der Waals surface area contributed by atoms with E-state index < -0.39 is 12.0 Å². The third-order valence-corrected chi connectivity index (χ3v) is 5.80. The maximum atomic E-state index is 13.1. The van der Waals surface area contributed by atoms with Crippen LogP contribution in [0.1, 0.15) is 41.1 Å². The molecule has 1 aliphatic rings. The number of carboxylic acids is 1. The lowest BCUT2D eigenvalue weighted by Gasteiger charge is -2.27. The second kappa shape index (κ2) is 8.95. The van der Waals surface area contributed by atoms with Gasteiger partial charge in [-0.25, -0.2) is 4.79 Å². The van der Waals surface area contributed by atoms with Crippen molar-refractivity contribution in [1.29, 1.82) is 0 Å². The minimum atomic E-state index is -0.978. The van der Waals surface area contributed by atoms with Gasteiger partial charge in [0.1, 0.15) is 17.2 Å². The van der Waals surface area contributed by atoms with Gasteiger partial charge in [0.05, 0.1) is 6.61 Å². The van der Waals surface area contributed by atoms with Crippen molar-refractivity contribution in [1.82, 2.24) is 4.90 Å². The van der Waals surface area contributed by atoms with Crippen LogP contribution in [0, 0.1) is 0 Å². The molecule has 0 aliphatic carbocycles. The number of hydrogen-bond donors (Lipinski definition) is 1. The molecule has 2 atom stereocenters. The van der Waals surface area contributed by atoms with Crippen LogP contribution in [0.4, 0.5) is 0 Å². The van der Waals surface area contributed by atoms with Crippen LogP contribution in [-0.4, -0.2) is 40.3 Å². The summed E-state index contributed by atoms with van der Waals surface area (Å²) in [4.78, 5) is 26.3. The highest BCUT2D eigenvalue weighted by molar-refractivity contribution is 7.99. The molecule has 1 heterocycles. The fourth-order valence-corrected chi connectivity index (χ4v) is 4.42. The molecule has 6 heteroatoms. The Balaban J connectivity index is 1.81. The number of carboxylic acid groups (broad SMARTS) is 1. The molecule has 1 fully saturated rings. The minimum absolute atomic E-state index is 0.277. The Labute approximate surface area is 163 Å². The van der Waals surface area contributed by atoms with E-state index in [1.807, 2.05) is 30.3 Å². The number of hydrogen-bond acceptors (Lipinski definition) is 4. The Kier molecular flexibility index (Phi) is 6.40. The van der Waals surface area contributed by atoms with Crippen LogP contribution >= 0.6 is 11.8 Å². The van der Waals surface area contributed by atoms with Crippen molar-refractivity contribution in [2.45, 2.75) is 31.2 Å².